The highest BCUT2D eigenvalue weighted by atomic mass is 35.5. The van der Waals surface area contributed by atoms with E-state index >= 15 is 0 Å². The van der Waals surface area contributed by atoms with Gasteiger partial charge in [-0.2, -0.15) is 0 Å². The standard InChI is InChI=1S/C14H15ClN2O3S/c1-17(11-4-3-5-12(9-11)20-2)21(18,19)14-7-6-10(16)8-13(14)15/h3-9H,16H2,1-2H3. The predicted octanol–water partition coefficient (Wildman–Crippen LogP) is 2.76. The molecule has 0 saturated carbocycles. The summed E-state index contributed by atoms with van der Waals surface area (Å²) in [5.74, 6) is 0.568. The van der Waals surface area contributed by atoms with E-state index in [2.05, 4.69) is 0 Å². The van der Waals surface area contributed by atoms with E-state index in [9.17, 15) is 8.42 Å². The summed E-state index contributed by atoms with van der Waals surface area (Å²) >= 11 is 5.99. The molecule has 0 fully saturated rings. The lowest BCUT2D eigenvalue weighted by Gasteiger charge is -2.20. The van der Waals surface area contributed by atoms with Crippen LogP contribution in [0, 0.1) is 0 Å². The van der Waals surface area contributed by atoms with Crippen molar-refractivity contribution < 1.29 is 13.2 Å². The first-order chi connectivity index (χ1) is 9.86. The summed E-state index contributed by atoms with van der Waals surface area (Å²) in [6, 6.07) is 11.1. The Bertz CT molecular complexity index is 763. The van der Waals surface area contributed by atoms with E-state index in [1.807, 2.05) is 0 Å². The average Bonchev–Trinajstić information content (AvgIpc) is 2.46. The Morgan fingerprint density at radius 3 is 2.52 bits per heavy atom. The highest BCUT2D eigenvalue weighted by Gasteiger charge is 2.24. The van der Waals surface area contributed by atoms with Gasteiger partial charge in [-0.25, -0.2) is 8.42 Å². The number of sulfonamides is 1. The van der Waals surface area contributed by atoms with E-state index in [0.717, 1.165) is 4.31 Å². The number of hydrogen-bond donors (Lipinski definition) is 1. The number of methoxy groups -OCH3 is 1. The van der Waals surface area contributed by atoms with E-state index in [1.165, 1.54) is 32.4 Å². The molecule has 2 aromatic rings. The van der Waals surface area contributed by atoms with Crippen LogP contribution in [0.5, 0.6) is 5.75 Å². The zero-order valence-corrected chi connectivity index (χ0v) is 13.1. The van der Waals surface area contributed by atoms with Gasteiger partial charge in [0, 0.05) is 18.8 Å². The lowest BCUT2D eigenvalue weighted by atomic mass is 10.3. The number of hydrogen-bond acceptors (Lipinski definition) is 4. The molecule has 0 bridgehead atoms. The molecule has 7 heteroatoms. The third-order valence-corrected chi connectivity index (χ3v) is 5.28. The number of benzene rings is 2. The first-order valence-electron chi connectivity index (χ1n) is 6.04. The number of ether oxygens (including phenoxy) is 1. The lowest BCUT2D eigenvalue weighted by Crippen LogP contribution is -2.26. The zero-order valence-electron chi connectivity index (χ0n) is 11.6. The van der Waals surface area contributed by atoms with Gasteiger partial charge in [-0.1, -0.05) is 17.7 Å². The normalized spacial score (nSPS) is 11.2. The van der Waals surface area contributed by atoms with E-state index in [1.54, 1.807) is 24.3 Å². The predicted molar refractivity (Wildman–Crippen MR) is 84.4 cm³/mol. The number of anilines is 2. The molecule has 21 heavy (non-hydrogen) atoms. The van der Waals surface area contributed by atoms with Gasteiger partial charge >= 0.3 is 0 Å². The molecule has 0 heterocycles. The molecule has 2 rings (SSSR count). The molecule has 2 N–H and O–H groups in total. The second-order valence-corrected chi connectivity index (χ2v) is 6.71. The lowest BCUT2D eigenvalue weighted by molar-refractivity contribution is 0.415. The molecular weight excluding hydrogens is 312 g/mol. The molecule has 0 spiro atoms. The minimum atomic E-state index is -3.77. The molecule has 0 aliphatic heterocycles. The third-order valence-electron chi connectivity index (χ3n) is 3.01. The molecule has 0 radical (unpaired) electrons. The van der Waals surface area contributed by atoms with Crippen LogP contribution in [0.1, 0.15) is 0 Å². The number of nitrogens with two attached hydrogens (primary N) is 1. The van der Waals surface area contributed by atoms with Crippen molar-refractivity contribution in [1.82, 2.24) is 0 Å². The molecule has 0 atom stereocenters. The van der Waals surface area contributed by atoms with E-state index < -0.39 is 10.0 Å². The largest absolute Gasteiger partial charge is 0.497 e. The van der Waals surface area contributed by atoms with Crippen LogP contribution in [0.4, 0.5) is 11.4 Å². The van der Waals surface area contributed by atoms with Gasteiger partial charge in [-0.05, 0) is 30.3 Å². The maximum absolute atomic E-state index is 12.6. The molecule has 0 aliphatic carbocycles. The summed E-state index contributed by atoms with van der Waals surface area (Å²) in [7, 11) is -0.801. The Labute approximate surface area is 128 Å². The average molecular weight is 327 g/mol. The zero-order chi connectivity index (χ0) is 15.6. The summed E-state index contributed by atoms with van der Waals surface area (Å²) in [6.07, 6.45) is 0. The van der Waals surface area contributed by atoms with Gasteiger partial charge in [-0.3, -0.25) is 4.31 Å². The quantitative estimate of drug-likeness (QED) is 0.877. The molecule has 0 saturated heterocycles. The van der Waals surface area contributed by atoms with Gasteiger partial charge in [0.1, 0.15) is 10.6 Å². The summed E-state index contributed by atoms with van der Waals surface area (Å²) in [6.45, 7) is 0. The topological polar surface area (TPSA) is 72.6 Å². The molecule has 0 aliphatic rings. The van der Waals surface area contributed by atoms with Gasteiger partial charge in [0.05, 0.1) is 17.8 Å². The number of nitrogens with zero attached hydrogens (tertiary/aromatic N) is 1. The van der Waals surface area contributed by atoms with Crippen molar-refractivity contribution in [3.05, 3.63) is 47.5 Å². The van der Waals surface area contributed by atoms with E-state index in [0.29, 0.717) is 17.1 Å². The molecule has 112 valence electrons. The molecule has 0 unspecified atom stereocenters. The first kappa shape index (κ1) is 15.5. The van der Waals surface area contributed by atoms with Crippen LogP contribution in [0.3, 0.4) is 0 Å². The van der Waals surface area contributed by atoms with Crippen LogP contribution in [-0.4, -0.2) is 22.6 Å². The Balaban J connectivity index is 2.47. The van der Waals surface area contributed by atoms with Crippen molar-refractivity contribution in [3.63, 3.8) is 0 Å². The summed E-state index contributed by atoms with van der Waals surface area (Å²) in [5.41, 5.74) is 6.47. The van der Waals surface area contributed by atoms with E-state index in [-0.39, 0.29) is 9.92 Å². The Hall–Kier alpha value is -1.92. The van der Waals surface area contributed by atoms with Crippen LogP contribution in [0.2, 0.25) is 5.02 Å². The molecule has 0 amide bonds. The van der Waals surface area contributed by atoms with Crippen LogP contribution in [-0.2, 0) is 10.0 Å². The summed E-state index contributed by atoms with van der Waals surface area (Å²) in [5, 5.41) is 0.0877. The summed E-state index contributed by atoms with van der Waals surface area (Å²) < 4.78 is 31.5. The second-order valence-electron chi connectivity index (χ2n) is 4.36. The molecular formula is C14H15ClN2O3S. The highest BCUT2D eigenvalue weighted by molar-refractivity contribution is 7.93. The van der Waals surface area contributed by atoms with Crippen molar-refractivity contribution in [2.75, 3.05) is 24.2 Å². The first-order valence-corrected chi connectivity index (χ1v) is 7.86. The van der Waals surface area contributed by atoms with Crippen LogP contribution in [0.25, 0.3) is 0 Å². The Kier molecular flexibility index (Phi) is 4.29. The molecule has 0 aromatic heterocycles. The van der Waals surface area contributed by atoms with Crippen molar-refractivity contribution in [2.45, 2.75) is 4.90 Å². The maximum atomic E-state index is 12.6. The Morgan fingerprint density at radius 1 is 1.19 bits per heavy atom. The van der Waals surface area contributed by atoms with Crippen molar-refractivity contribution in [3.8, 4) is 5.75 Å². The maximum Gasteiger partial charge on any atom is 0.265 e. The van der Waals surface area contributed by atoms with Crippen LogP contribution < -0.4 is 14.8 Å². The van der Waals surface area contributed by atoms with Gasteiger partial charge in [0.15, 0.2) is 0 Å². The van der Waals surface area contributed by atoms with Crippen LogP contribution in [0.15, 0.2) is 47.4 Å². The molecule has 5 nitrogen and oxygen atoms in total. The van der Waals surface area contributed by atoms with Crippen molar-refractivity contribution in [2.24, 2.45) is 0 Å². The van der Waals surface area contributed by atoms with Gasteiger partial charge < -0.3 is 10.5 Å². The summed E-state index contributed by atoms with van der Waals surface area (Å²) in [4.78, 5) is 0.00341. The molecule has 2 aromatic carbocycles. The number of halogens is 1. The highest BCUT2D eigenvalue weighted by Crippen LogP contribution is 2.30. The smallest absolute Gasteiger partial charge is 0.265 e. The SMILES string of the molecule is COc1cccc(N(C)S(=O)(=O)c2ccc(N)cc2Cl)c1. The van der Waals surface area contributed by atoms with Gasteiger partial charge in [0.25, 0.3) is 10.0 Å². The van der Waals surface area contributed by atoms with Crippen LogP contribution >= 0.6 is 11.6 Å². The fourth-order valence-corrected chi connectivity index (χ4v) is 3.53. The van der Waals surface area contributed by atoms with Gasteiger partial charge in [0.2, 0.25) is 0 Å². The Morgan fingerprint density at radius 2 is 1.90 bits per heavy atom. The third kappa shape index (κ3) is 3.06. The van der Waals surface area contributed by atoms with Gasteiger partial charge in [-0.15, -0.1) is 0 Å². The fraction of sp³-hybridized carbons (Fsp3) is 0.143. The minimum Gasteiger partial charge on any atom is -0.497 e. The monoisotopic (exact) mass is 326 g/mol. The van der Waals surface area contributed by atoms with E-state index in [4.69, 9.17) is 22.1 Å². The minimum absolute atomic E-state index is 0.00341. The number of rotatable bonds is 4. The van der Waals surface area contributed by atoms with Crippen molar-refractivity contribution in [1.29, 1.82) is 0 Å². The number of nitrogen functional groups attached to an aromatic ring is 1. The fourth-order valence-electron chi connectivity index (χ4n) is 1.82. The second kappa shape index (κ2) is 5.83. The van der Waals surface area contributed by atoms with Crippen molar-refractivity contribution >= 4 is 33.0 Å².